The van der Waals surface area contributed by atoms with Gasteiger partial charge in [0.15, 0.2) is 0 Å². The minimum absolute atomic E-state index is 0.0308. The first-order chi connectivity index (χ1) is 11.2. The van der Waals surface area contributed by atoms with Gasteiger partial charge < -0.3 is 10.6 Å². The Kier molecular flexibility index (Phi) is 3.88. The average molecular weight is 343 g/mol. The maximum absolute atomic E-state index is 11.6. The Bertz CT molecular complexity index is 848. The topological polar surface area (TPSA) is 54.0 Å². The molecular weight excluding hydrogens is 326 g/mol. The number of amides is 1. The minimum atomic E-state index is -0.0308. The molecule has 23 heavy (non-hydrogen) atoms. The monoisotopic (exact) mass is 343 g/mol. The molecule has 1 aliphatic rings. The molecular formula is C17H17N3OS2. The second-order valence-electron chi connectivity index (χ2n) is 5.66. The lowest BCUT2D eigenvalue weighted by atomic mass is 10.1. The van der Waals surface area contributed by atoms with E-state index in [1.54, 1.807) is 29.6 Å². The van der Waals surface area contributed by atoms with Crippen LogP contribution in [0.4, 0.5) is 5.00 Å². The van der Waals surface area contributed by atoms with Crippen molar-refractivity contribution in [2.24, 2.45) is 0 Å². The molecule has 2 aromatic heterocycles. The van der Waals surface area contributed by atoms with Crippen molar-refractivity contribution in [2.75, 3.05) is 11.9 Å². The molecule has 0 aliphatic carbocycles. The van der Waals surface area contributed by atoms with Crippen LogP contribution >= 0.6 is 22.7 Å². The number of hydrogen-bond donors (Lipinski definition) is 2. The number of rotatable bonds is 2. The summed E-state index contributed by atoms with van der Waals surface area (Å²) in [5, 5.41) is 8.41. The number of hydrogen-bond acceptors (Lipinski definition) is 5. The van der Waals surface area contributed by atoms with E-state index in [4.69, 9.17) is 4.98 Å². The summed E-state index contributed by atoms with van der Waals surface area (Å²) < 4.78 is 1.18. The number of para-hydroxylation sites is 1. The Morgan fingerprint density at radius 3 is 3.00 bits per heavy atom. The third kappa shape index (κ3) is 2.78. The zero-order valence-electron chi connectivity index (χ0n) is 12.8. The molecule has 0 fully saturated rings. The first-order valence-electron chi connectivity index (χ1n) is 7.71. The van der Waals surface area contributed by atoms with Gasteiger partial charge in [-0.25, -0.2) is 4.98 Å². The predicted molar refractivity (Wildman–Crippen MR) is 97.3 cm³/mol. The fraction of sp³-hybridized carbons (Fsp3) is 0.294. The van der Waals surface area contributed by atoms with E-state index in [1.807, 2.05) is 18.2 Å². The number of benzene rings is 1. The van der Waals surface area contributed by atoms with Gasteiger partial charge in [0.25, 0.3) is 0 Å². The van der Waals surface area contributed by atoms with Crippen LogP contribution < -0.4 is 10.6 Å². The maximum Gasteiger partial charge on any atom is 0.221 e. The van der Waals surface area contributed by atoms with Crippen molar-refractivity contribution in [1.82, 2.24) is 10.3 Å². The van der Waals surface area contributed by atoms with Gasteiger partial charge in [-0.05, 0) is 37.1 Å². The summed E-state index contributed by atoms with van der Waals surface area (Å²) in [6, 6.07) is 8.19. The molecule has 4 rings (SSSR count). The van der Waals surface area contributed by atoms with Crippen molar-refractivity contribution in [1.29, 1.82) is 0 Å². The number of aromatic nitrogens is 1. The van der Waals surface area contributed by atoms with E-state index < -0.39 is 0 Å². The van der Waals surface area contributed by atoms with Crippen molar-refractivity contribution >= 4 is 43.8 Å². The number of carbonyl (C=O) groups excluding carboxylic acids is 1. The molecule has 0 bridgehead atoms. The number of thiazole rings is 1. The van der Waals surface area contributed by atoms with E-state index in [1.165, 1.54) is 15.1 Å². The summed E-state index contributed by atoms with van der Waals surface area (Å²) >= 11 is 3.38. The summed E-state index contributed by atoms with van der Waals surface area (Å²) in [5.41, 5.74) is 3.50. The highest BCUT2D eigenvalue weighted by atomic mass is 32.1. The first-order valence-corrected chi connectivity index (χ1v) is 9.34. The van der Waals surface area contributed by atoms with Gasteiger partial charge >= 0.3 is 0 Å². The Hall–Kier alpha value is -1.76. The molecule has 6 heteroatoms. The molecule has 3 aromatic rings. The van der Waals surface area contributed by atoms with Crippen LogP contribution in [0.2, 0.25) is 0 Å². The van der Waals surface area contributed by atoms with Gasteiger partial charge in [-0.2, -0.15) is 0 Å². The van der Waals surface area contributed by atoms with Gasteiger partial charge in [0.2, 0.25) is 5.91 Å². The summed E-state index contributed by atoms with van der Waals surface area (Å²) in [6.45, 7) is 3.47. The van der Waals surface area contributed by atoms with Crippen LogP contribution in [0.15, 0.2) is 24.3 Å². The summed E-state index contributed by atoms with van der Waals surface area (Å²) in [4.78, 5) is 17.7. The van der Waals surface area contributed by atoms with Crippen LogP contribution in [-0.2, 0) is 17.8 Å². The lowest BCUT2D eigenvalue weighted by molar-refractivity contribution is -0.114. The molecule has 1 aliphatic heterocycles. The second-order valence-corrected chi connectivity index (χ2v) is 7.79. The molecule has 0 atom stereocenters. The Labute approximate surface area is 142 Å². The molecule has 1 aromatic carbocycles. The zero-order chi connectivity index (χ0) is 15.8. The Morgan fingerprint density at radius 1 is 1.30 bits per heavy atom. The summed E-state index contributed by atoms with van der Waals surface area (Å²) in [6.07, 6.45) is 2.14. The van der Waals surface area contributed by atoms with E-state index >= 15 is 0 Å². The fourth-order valence-electron chi connectivity index (χ4n) is 2.96. The number of thiophene rings is 1. The molecule has 118 valence electrons. The second kappa shape index (κ2) is 6.03. The number of carbonyl (C=O) groups is 1. The molecule has 0 saturated heterocycles. The summed E-state index contributed by atoms with van der Waals surface area (Å²) in [5.74, 6) is -0.0308. The molecule has 2 N–H and O–H groups in total. The van der Waals surface area contributed by atoms with E-state index in [9.17, 15) is 4.79 Å². The third-order valence-electron chi connectivity index (χ3n) is 3.95. The lowest BCUT2D eigenvalue weighted by Gasteiger charge is -2.05. The maximum atomic E-state index is 11.6. The van der Waals surface area contributed by atoms with Crippen LogP contribution in [0.3, 0.4) is 0 Å². The van der Waals surface area contributed by atoms with Gasteiger partial charge in [0.1, 0.15) is 10.0 Å². The van der Waals surface area contributed by atoms with Crippen molar-refractivity contribution in [3.8, 4) is 10.6 Å². The van der Waals surface area contributed by atoms with Crippen LogP contribution in [0, 0.1) is 0 Å². The van der Waals surface area contributed by atoms with Crippen molar-refractivity contribution < 1.29 is 4.79 Å². The molecule has 1 amide bonds. The molecule has 0 saturated carbocycles. The highest BCUT2D eigenvalue weighted by Crippen LogP contribution is 2.44. The average Bonchev–Trinajstić information content (AvgIpc) is 3.00. The Morgan fingerprint density at radius 2 is 2.17 bits per heavy atom. The van der Waals surface area contributed by atoms with Crippen molar-refractivity contribution in [3.63, 3.8) is 0 Å². The molecule has 0 radical (unpaired) electrons. The molecule has 0 spiro atoms. The number of nitrogens with zero attached hydrogens (tertiary/aromatic N) is 1. The van der Waals surface area contributed by atoms with Crippen LogP contribution in [0.25, 0.3) is 20.8 Å². The van der Waals surface area contributed by atoms with Gasteiger partial charge in [0.05, 0.1) is 10.2 Å². The normalized spacial score (nSPS) is 14.5. The SMILES string of the molecule is CC(=O)Nc1sc2c(c1-c1nc3ccccc3s1)CCCNC2. The number of anilines is 1. The van der Waals surface area contributed by atoms with E-state index in [2.05, 4.69) is 16.7 Å². The van der Waals surface area contributed by atoms with Crippen molar-refractivity contribution in [2.45, 2.75) is 26.3 Å². The standard InChI is InChI=1S/C17H17N3OS2/c1-10(21)19-16-15(11-5-4-8-18-9-14(11)23-16)17-20-12-6-2-3-7-13(12)22-17/h2-3,6-7,18H,4-5,8-9H2,1H3,(H,19,21). The minimum Gasteiger partial charge on any atom is -0.317 e. The van der Waals surface area contributed by atoms with Gasteiger partial charge in [0, 0.05) is 23.9 Å². The quantitative estimate of drug-likeness (QED) is 0.739. The molecule has 0 unspecified atom stereocenters. The predicted octanol–water partition coefficient (Wildman–Crippen LogP) is 4.02. The van der Waals surface area contributed by atoms with Gasteiger partial charge in [-0.15, -0.1) is 22.7 Å². The highest BCUT2D eigenvalue weighted by Gasteiger charge is 2.23. The highest BCUT2D eigenvalue weighted by molar-refractivity contribution is 7.22. The smallest absolute Gasteiger partial charge is 0.221 e. The van der Waals surface area contributed by atoms with Crippen LogP contribution in [-0.4, -0.2) is 17.4 Å². The summed E-state index contributed by atoms with van der Waals surface area (Å²) in [7, 11) is 0. The number of fused-ring (bicyclic) bond motifs is 2. The van der Waals surface area contributed by atoms with Gasteiger partial charge in [-0.1, -0.05) is 12.1 Å². The van der Waals surface area contributed by atoms with E-state index in [0.717, 1.165) is 47.0 Å². The number of nitrogens with one attached hydrogen (secondary N) is 2. The van der Waals surface area contributed by atoms with Crippen LogP contribution in [0.5, 0.6) is 0 Å². The zero-order valence-corrected chi connectivity index (χ0v) is 14.4. The first kappa shape index (κ1) is 14.8. The van der Waals surface area contributed by atoms with Gasteiger partial charge in [-0.3, -0.25) is 4.79 Å². The largest absolute Gasteiger partial charge is 0.317 e. The van der Waals surface area contributed by atoms with E-state index in [0.29, 0.717) is 0 Å². The lowest BCUT2D eigenvalue weighted by Crippen LogP contribution is -2.11. The van der Waals surface area contributed by atoms with Crippen molar-refractivity contribution in [3.05, 3.63) is 34.7 Å². The fourth-order valence-corrected chi connectivity index (χ4v) is 5.34. The third-order valence-corrected chi connectivity index (χ3v) is 6.16. The van der Waals surface area contributed by atoms with E-state index in [-0.39, 0.29) is 5.91 Å². The molecule has 3 heterocycles. The molecule has 4 nitrogen and oxygen atoms in total. The van der Waals surface area contributed by atoms with Crippen LogP contribution in [0.1, 0.15) is 23.8 Å². The Balaban J connectivity index is 1.90.